The summed E-state index contributed by atoms with van der Waals surface area (Å²) in [6.45, 7) is 10.5. The van der Waals surface area contributed by atoms with E-state index in [2.05, 4.69) is 59.8 Å². The third-order valence-corrected chi connectivity index (χ3v) is 9.48. The zero-order chi connectivity index (χ0) is 44.4. The smallest absolute Gasteiger partial charge is 0.148 e. The first-order valence-electron chi connectivity index (χ1n) is 22.1. The topological polar surface area (TPSA) is 50.9 Å². The van der Waals surface area contributed by atoms with E-state index in [1.54, 1.807) is 12.1 Å². The number of para-hydroxylation sites is 2. The molecule has 6 aromatic carbocycles. The number of pyridine rings is 1. The zero-order valence-corrected chi connectivity index (χ0v) is 33.5. The van der Waals surface area contributed by atoms with Gasteiger partial charge < -0.3 is 5.11 Å². The molecule has 276 valence electrons. The van der Waals surface area contributed by atoms with Gasteiger partial charge in [-0.1, -0.05) is 143 Å². The van der Waals surface area contributed by atoms with Crippen LogP contribution in [0.5, 0.6) is 5.75 Å². The molecule has 5 heteroatoms. The van der Waals surface area contributed by atoms with Crippen LogP contribution in [0.15, 0.2) is 152 Å². The van der Waals surface area contributed by atoms with Crippen molar-refractivity contribution >= 4 is 11.0 Å². The van der Waals surface area contributed by atoms with Crippen molar-refractivity contribution in [2.45, 2.75) is 46.5 Å². The summed E-state index contributed by atoms with van der Waals surface area (Å²) < 4.78 is 71.0. The molecular formula is C50H44N3OPt-. The van der Waals surface area contributed by atoms with Crippen molar-refractivity contribution in [3.05, 3.63) is 169 Å². The molecule has 0 aliphatic heterocycles. The number of fused-ring (bicyclic) bond motifs is 1. The van der Waals surface area contributed by atoms with Gasteiger partial charge in [0.1, 0.15) is 11.6 Å². The largest absolute Gasteiger partial charge is 0.507 e. The van der Waals surface area contributed by atoms with Crippen LogP contribution in [0.1, 0.15) is 56.7 Å². The fourth-order valence-corrected chi connectivity index (χ4v) is 6.85. The minimum atomic E-state index is -0.605. The minimum Gasteiger partial charge on any atom is -0.507 e. The number of aromatic hydroxyl groups is 1. The second-order valence-electron chi connectivity index (χ2n) is 14.9. The predicted octanol–water partition coefficient (Wildman–Crippen LogP) is 12.8. The van der Waals surface area contributed by atoms with Gasteiger partial charge in [0.05, 0.1) is 33.3 Å². The number of aromatic nitrogens is 3. The summed E-state index contributed by atoms with van der Waals surface area (Å²) >= 11 is 0. The Bertz CT molecular complexity index is 3040. The molecule has 0 radical (unpaired) electrons. The van der Waals surface area contributed by atoms with Gasteiger partial charge in [-0.05, 0) is 76.4 Å². The molecule has 0 fully saturated rings. The molecule has 0 aliphatic rings. The summed E-state index contributed by atoms with van der Waals surface area (Å²) in [5, 5.41) is 11.3. The van der Waals surface area contributed by atoms with Crippen LogP contribution in [-0.2, 0) is 32.9 Å². The van der Waals surface area contributed by atoms with Gasteiger partial charge in [-0.25, -0.2) is 4.98 Å². The molecule has 1 N–H and O–H groups in total. The maximum atomic E-state index is 11.3. The summed E-state index contributed by atoms with van der Waals surface area (Å²) in [6, 6.07) is 33.2. The Labute approximate surface area is 350 Å². The fraction of sp³-hybridized carbons (Fsp3) is 0.160. The summed E-state index contributed by atoms with van der Waals surface area (Å²) in [6.07, 6.45) is 0.380. The van der Waals surface area contributed by atoms with Crippen LogP contribution >= 0.6 is 0 Å². The van der Waals surface area contributed by atoms with Gasteiger partial charge in [0.2, 0.25) is 0 Å². The van der Waals surface area contributed by atoms with Crippen molar-refractivity contribution < 1.29 is 37.1 Å². The van der Waals surface area contributed by atoms with Crippen molar-refractivity contribution in [3.8, 4) is 67.5 Å². The Morgan fingerprint density at radius 3 is 2.22 bits per heavy atom. The summed E-state index contributed by atoms with van der Waals surface area (Å²) in [7, 11) is 0. The van der Waals surface area contributed by atoms with Crippen LogP contribution in [-0.4, -0.2) is 19.6 Å². The third kappa shape index (κ3) is 7.70. The number of hydrogen-bond acceptors (Lipinski definition) is 3. The maximum absolute atomic E-state index is 11.3. The SMILES string of the molecule is [2H]c1nc(-c2[c-]c(-c3cccc4c3nc(-c3ccccc3O)n4-c3ccc(CC(C)C)cc3-c3ccccc3)cc(C(C)(C)C)c2)c([2H])c(-c2c([2H])c([2H])c([2H])c([2H])c2[2H])c1[2H].[Pt]. The number of benzene rings is 6. The molecule has 2 aromatic heterocycles. The number of phenols is 1. The van der Waals surface area contributed by atoms with Crippen LogP contribution in [0.2, 0.25) is 0 Å². The van der Waals surface area contributed by atoms with Gasteiger partial charge >= 0.3 is 0 Å². The van der Waals surface area contributed by atoms with Crippen LogP contribution in [0.4, 0.5) is 0 Å². The van der Waals surface area contributed by atoms with E-state index in [0.717, 1.165) is 34.3 Å². The van der Waals surface area contributed by atoms with E-state index in [1.165, 1.54) is 5.56 Å². The molecule has 0 amide bonds. The van der Waals surface area contributed by atoms with Crippen LogP contribution in [0, 0.1) is 12.0 Å². The Balaban J connectivity index is 0.00000595. The van der Waals surface area contributed by atoms with Crippen molar-refractivity contribution in [2.75, 3.05) is 0 Å². The zero-order valence-electron chi connectivity index (χ0n) is 39.2. The van der Waals surface area contributed by atoms with E-state index in [0.29, 0.717) is 39.5 Å². The van der Waals surface area contributed by atoms with E-state index in [9.17, 15) is 6.48 Å². The fourth-order valence-electron chi connectivity index (χ4n) is 6.85. The van der Waals surface area contributed by atoms with Gasteiger partial charge in [0.25, 0.3) is 0 Å². The van der Waals surface area contributed by atoms with Crippen molar-refractivity contribution in [3.63, 3.8) is 0 Å². The van der Waals surface area contributed by atoms with Gasteiger partial charge in [0, 0.05) is 38.5 Å². The van der Waals surface area contributed by atoms with Crippen LogP contribution in [0.3, 0.4) is 0 Å². The molecule has 55 heavy (non-hydrogen) atoms. The van der Waals surface area contributed by atoms with E-state index >= 15 is 0 Å². The quantitative estimate of drug-likeness (QED) is 0.155. The number of rotatable bonds is 8. The first-order valence-corrected chi connectivity index (χ1v) is 18.1. The second kappa shape index (κ2) is 15.7. The second-order valence-corrected chi connectivity index (χ2v) is 14.9. The molecule has 0 saturated carbocycles. The number of nitrogens with zero attached hydrogens (tertiary/aromatic N) is 3. The first-order chi connectivity index (χ1) is 29.5. The average molecular weight is 906 g/mol. The van der Waals surface area contributed by atoms with E-state index < -0.39 is 47.8 Å². The van der Waals surface area contributed by atoms with E-state index in [-0.39, 0.29) is 49.7 Å². The van der Waals surface area contributed by atoms with Crippen molar-refractivity contribution in [1.82, 2.24) is 14.5 Å². The molecule has 0 saturated heterocycles. The standard InChI is InChI=1S/C50H44N3O.Pt/c1-33(2)27-34-23-24-45(43(28-34)36-17-10-7-11-18-36)53-46-21-14-20-41(48(46)52-49(53)42-19-12-13-22-47(42)54)38-29-39(31-40(30-38)50(3,4)5)44-32-37(25-26-51-44)35-15-8-6-9-16-35;/h6-26,28,30-33,54H,27H2,1-5H3;/q-1;/i6D,8D,9D,15D,16D,25D,26D,32D;. The van der Waals surface area contributed by atoms with Crippen molar-refractivity contribution in [1.29, 1.82) is 0 Å². The van der Waals surface area contributed by atoms with Gasteiger partial charge in [-0.2, -0.15) is 0 Å². The molecule has 2 heterocycles. The number of hydrogen-bond donors (Lipinski definition) is 1. The molecular weight excluding hydrogens is 854 g/mol. The summed E-state index contributed by atoms with van der Waals surface area (Å²) in [4.78, 5) is 9.72. The number of phenolic OH excluding ortho intramolecular Hbond substituents is 1. The molecule has 0 spiro atoms. The number of imidazole rings is 1. The van der Waals surface area contributed by atoms with Gasteiger partial charge in [-0.15, -0.1) is 29.3 Å². The monoisotopic (exact) mass is 905 g/mol. The normalized spacial score (nSPS) is 13.6. The van der Waals surface area contributed by atoms with Crippen LogP contribution in [0.25, 0.3) is 72.7 Å². The van der Waals surface area contributed by atoms with Gasteiger partial charge in [-0.3, -0.25) is 9.55 Å². The molecule has 0 atom stereocenters. The van der Waals surface area contributed by atoms with Crippen molar-refractivity contribution in [2.24, 2.45) is 5.92 Å². The third-order valence-electron chi connectivity index (χ3n) is 9.48. The maximum Gasteiger partial charge on any atom is 0.148 e. The minimum absolute atomic E-state index is 0. The van der Waals surface area contributed by atoms with E-state index in [1.807, 2.05) is 81.4 Å². The van der Waals surface area contributed by atoms with Crippen LogP contribution < -0.4 is 0 Å². The first kappa shape index (κ1) is 28.8. The van der Waals surface area contributed by atoms with Gasteiger partial charge in [0.15, 0.2) is 0 Å². The predicted molar refractivity (Wildman–Crippen MR) is 224 cm³/mol. The average Bonchev–Trinajstić information content (AvgIpc) is 3.64. The Morgan fingerprint density at radius 1 is 0.745 bits per heavy atom. The molecule has 8 aromatic rings. The molecule has 0 bridgehead atoms. The Morgan fingerprint density at radius 2 is 1.47 bits per heavy atom. The van der Waals surface area contributed by atoms with E-state index in [4.69, 9.17) is 14.6 Å². The molecule has 4 nitrogen and oxygen atoms in total. The molecule has 0 unspecified atom stereocenters. The summed E-state index contributed by atoms with van der Waals surface area (Å²) in [5.41, 5.74) is 7.40. The Hall–Kier alpha value is -5.57. The molecule has 0 aliphatic carbocycles. The Kier molecular flexibility index (Phi) is 8.20. The summed E-state index contributed by atoms with van der Waals surface area (Å²) in [5.74, 6) is 1.04. The molecule has 8 rings (SSSR count).